The number of esters is 1. The number of carbonyl (C=O) groups excluding carboxylic acids is 2. The van der Waals surface area contributed by atoms with Crippen molar-refractivity contribution in [1.29, 1.82) is 0 Å². The first-order valence-corrected chi connectivity index (χ1v) is 11.3. The van der Waals surface area contributed by atoms with Crippen molar-refractivity contribution in [3.8, 4) is 11.5 Å². The molecule has 0 heterocycles. The number of sulfonamides is 1. The summed E-state index contributed by atoms with van der Waals surface area (Å²) in [5, 5.41) is 4.20. The molecule has 0 fully saturated rings. The van der Waals surface area contributed by atoms with Crippen LogP contribution in [0.15, 0.2) is 59.5 Å². The normalized spacial score (nSPS) is 12.1. The number of amides is 1. The highest BCUT2D eigenvalue weighted by Gasteiger charge is 2.25. The van der Waals surface area contributed by atoms with Gasteiger partial charge in [-0.3, -0.25) is 4.79 Å². The molecule has 0 aliphatic heterocycles. The summed E-state index contributed by atoms with van der Waals surface area (Å²) in [6.45, 7) is 1.40. The number of anilines is 1. The molecule has 174 valence electrons. The average molecular weight is 473 g/mol. The van der Waals surface area contributed by atoms with Crippen molar-refractivity contribution < 1.29 is 32.2 Å². The maximum atomic E-state index is 12.8. The van der Waals surface area contributed by atoms with Gasteiger partial charge in [0.25, 0.3) is 0 Å². The van der Waals surface area contributed by atoms with Gasteiger partial charge in [0, 0.05) is 12.1 Å². The highest BCUT2D eigenvalue weighted by Crippen LogP contribution is 2.34. The molecule has 0 aromatic heterocycles. The van der Waals surface area contributed by atoms with E-state index in [1.807, 2.05) is 18.2 Å². The maximum Gasteiger partial charge on any atom is 0.340 e. The van der Waals surface area contributed by atoms with Crippen LogP contribution in [0.5, 0.6) is 11.5 Å². The van der Waals surface area contributed by atoms with Gasteiger partial charge in [-0.15, -0.1) is 0 Å². The minimum atomic E-state index is -3.99. The summed E-state index contributed by atoms with van der Waals surface area (Å²) in [5.41, 5.74) is 0.106. The molecule has 0 saturated carbocycles. The highest BCUT2D eigenvalue weighted by atomic mass is 32.2. The van der Waals surface area contributed by atoms with E-state index in [4.69, 9.17) is 14.2 Å². The van der Waals surface area contributed by atoms with E-state index < -0.39 is 27.9 Å². The molecule has 33 heavy (non-hydrogen) atoms. The second kappa shape index (κ2) is 9.88. The maximum absolute atomic E-state index is 12.8. The summed E-state index contributed by atoms with van der Waals surface area (Å²) < 4.78 is 43.2. The molecule has 0 saturated heterocycles. The van der Waals surface area contributed by atoms with E-state index in [2.05, 4.69) is 10.0 Å². The van der Waals surface area contributed by atoms with Crippen molar-refractivity contribution in [2.24, 2.45) is 0 Å². The zero-order chi connectivity index (χ0) is 24.2. The molecule has 0 bridgehead atoms. The molecular formula is C23H24N2O7S. The predicted molar refractivity (Wildman–Crippen MR) is 123 cm³/mol. The number of methoxy groups -OCH3 is 3. The van der Waals surface area contributed by atoms with Gasteiger partial charge in [-0.1, -0.05) is 30.3 Å². The van der Waals surface area contributed by atoms with Crippen molar-refractivity contribution in [3.63, 3.8) is 0 Å². The second-order valence-electron chi connectivity index (χ2n) is 7.09. The van der Waals surface area contributed by atoms with Gasteiger partial charge in [-0.05, 0) is 29.8 Å². The molecule has 0 aliphatic carbocycles. The molecule has 0 radical (unpaired) electrons. The van der Waals surface area contributed by atoms with Gasteiger partial charge < -0.3 is 19.5 Å². The number of fused-ring (bicyclic) bond motifs is 1. The number of benzene rings is 3. The van der Waals surface area contributed by atoms with Crippen molar-refractivity contribution in [2.75, 3.05) is 26.6 Å². The number of carbonyl (C=O) groups is 2. The van der Waals surface area contributed by atoms with Crippen LogP contribution in [-0.4, -0.2) is 47.7 Å². The fraction of sp³-hybridized carbons (Fsp3) is 0.217. The molecule has 3 aromatic rings. The molecule has 1 amide bonds. The van der Waals surface area contributed by atoms with Crippen molar-refractivity contribution >= 4 is 38.4 Å². The van der Waals surface area contributed by atoms with E-state index in [9.17, 15) is 18.0 Å². The first-order valence-electron chi connectivity index (χ1n) is 9.86. The molecule has 0 aliphatic rings. The van der Waals surface area contributed by atoms with Gasteiger partial charge in [-0.2, -0.15) is 4.72 Å². The van der Waals surface area contributed by atoms with E-state index >= 15 is 0 Å². The lowest BCUT2D eigenvalue weighted by atomic mass is 10.1. The lowest BCUT2D eigenvalue weighted by Crippen LogP contribution is -2.41. The zero-order valence-electron chi connectivity index (χ0n) is 18.5. The lowest BCUT2D eigenvalue weighted by molar-refractivity contribution is -0.117. The van der Waals surface area contributed by atoms with Crippen LogP contribution in [0.3, 0.4) is 0 Å². The van der Waals surface area contributed by atoms with E-state index in [0.717, 1.165) is 10.8 Å². The van der Waals surface area contributed by atoms with Gasteiger partial charge in [0.2, 0.25) is 15.9 Å². The largest absolute Gasteiger partial charge is 0.493 e. The van der Waals surface area contributed by atoms with Crippen LogP contribution < -0.4 is 19.5 Å². The van der Waals surface area contributed by atoms with Crippen LogP contribution in [0.1, 0.15) is 17.3 Å². The standard InChI is InChI=1S/C23H24N2O7S/c1-14(25-33(28,29)17-10-9-15-7-5-6-8-16(15)11-17)22(26)24-19-13-21(31-3)20(30-2)12-18(19)23(27)32-4/h5-14,25H,1-4H3,(H,24,26)/t14-/m1/s1. The Bertz CT molecular complexity index is 1310. The van der Waals surface area contributed by atoms with Gasteiger partial charge in [-0.25, -0.2) is 13.2 Å². The van der Waals surface area contributed by atoms with Crippen molar-refractivity contribution in [2.45, 2.75) is 17.9 Å². The Morgan fingerprint density at radius 2 is 1.52 bits per heavy atom. The second-order valence-corrected chi connectivity index (χ2v) is 8.80. The Morgan fingerprint density at radius 3 is 2.15 bits per heavy atom. The van der Waals surface area contributed by atoms with Crippen LogP contribution in [0.4, 0.5) is 5.69 Å². The smallest absolute Gasteiger partial charge is 0.340 e. The van der Waals surface area contributed by atoms with Crippen molar-refractivity contribution in [3.05, 3.63) is 60.2 Å². The van der Waals surface area contributed by atoms with Gasteiger partial charge in [0.15, 0.2) is 11.5 Å². The van der Waals surface area contributed by atoms with Crippen molar-refractivity contribution in [1.82, 2.24) is 4.72 Å². The topological polar surface area (TPSA) is 120 Å². The van der Waals surface area contributed by atoms with Crippen LogP contribution >= 0.6 is 0 Å². The summed E-state index contributed by atoms with van der Waals surface area (Å²) >= 11 is 0. The SMILES string of the molecule is COC(=O)c1cc(OC)c(OC)cc1NC(=O)[C@@H](C)NS(=O)(=O)c1ccc2ccccc2c1. The first-order chi connectivity index (χ1) is 15.7. The third-order valence-electron chi connectivity index (χ3n) is 4.94. The van der Waals surface area contributed by atoms with E-state index in [0.29, 0.717) is 0 Å². The monoisotopic (exact) mass is 472 g/mol. The van der Waals surface area contributed by atoms with Crippen LogP contribution in [-0.2, 0) is 19.6 Å². The molecule has 1 atom stereocenters. The number of ether oxygens (including phenoxy) is 3. The summed E-state index contributed by atoms with van der Waals surface area (Å²) in [5.74, 6) is -0.863. The molecule has 3 aromatic carbocycles. The van der Waals surface area contributed by atoms with E-state index in [1.54, 1.807) is 12.1 Å². The van der Waals surface area contributed by atoms with Crippen LogP contribution in [0, 0.1) is 0 Å². The average Bonchev–Trinajstić information content (AvgIpc) is 2.82. The molecule has 3 rings (SSSR count). The first kappa shape index (κ1) is 24.0. The Balaban J connectivity index is 1.84. The predicted octanol–water partition coefficient (Wildman–Crippen LogP) is 2.95. The third-order valence-corrected chi connectivity index (χ3v) is 6.48. The number of hydrogen-bond donors (Lipinski definition) is 2. The Hall–Kier alpha value is -3.63. The Labute approximate surface area is 191 Å². The van der Waals surface area contributed by atoms with Crippen LogP contribution in [0.2, 0.25) is 0 Å². The number of hydrogen-bond acceptors (Lipinski definition) is 7. The van der Waals surface area contributed by atoms with Gasteiger partial charge >= 0.3 is 5.97 Å². The van der Waals surface area contributed by atoms with Gasteiger partial charge in [0.1, 0.15) is 0 Å². The Kier molecular flexibility index (Phi) is 7.19. The molecule has 2 N–H and O–H groups in total. The fourth-order valence-corrected chi connectivity index (χ4v) is 4.43. The van der Waals surface area contributed by atoms with Crippen LogP contribution in [0.25, 0.3) is 10.8 Å². The lowest BCUT2D eigenvalue weighted by Gasteiger charge is -2.18. The number of rotatable bonds is 8. The molecule has 0 unspecified atom stereocenters. The summed E-state index contributed by atoms with van der Waals surface area (Å²) in [6.07, 6.45) is 0. The van der Waals surface area contributed by atoms with E-state index in [1.165, 1.54) is 52.5 Å². The molecule has 10 heteroatoms. The minimum absolute atomic E-state index is 0.0214. The Morgan fingerprint density at radius 1 is 0.879 bits per heavy atom. The quantitative estimate of drug-likeness (QED) is 0.484. The summed E-state index contributed by atoms with van der Waals surface area (Å²) in [4.78, 5) is 25.0. The highest BCUT2D eigenvalue weighted by molar-refractivity contribution is 7.89. The fourth-order valence-electron chi connectivity index (χ4n) is 3.19. The molecule has 9 nitrogen and oxygen atoms in total. The molecule has 0 spiro atoms. The molecular weight excluding hydrogens is 448 g/mol. The number of nitrogens with one attached hydrogen (secondary N) is 2. The third kappa shape index (κ3) is 5.24. The zero-order valence-corrected chi connectivity index (χ0v) is 19.4. The van der Waals surface area contributed by atoms with E-state index in [-0.39, 0.29) is 27.6 Å². The summed E-state index contributed by atoms with van der Waals surface area (Å²) in [7, 11) is 0.0173. The summed E-state index contributed by atoms with van der Waals surface area (Å²) in [6, 6.07) is 13.7. The van der Waals surface area contributed by atoms with Gasteiger partial charge in [0.05, 0.1) is 43.5 Å². The minimum Gasteiger partial charge on any atom is -0.493 e.